The van der Waals surface area contributed by atoms with E-state index in [0.29, 0.717) is 0 Å². The Hall–Kier alpha value is -1.46. The Morgan fingerprint density at radius 3 is 2.50 bits per heavy atom. The monoisotopic (exact) mass is 490 g/mol. The average molecular weight is 490 g/mol. The van der Waals surface area contributed by atoms with Gasteiger partial charge in [0.15, 0.2) is 6.23 Å². The molecule has 168 valence electrons. The fourth-order valence-electron chi connectivity index (χ4n) is 2.61. The summed E-state index contributed by atoms with van der Waals surface area (Å²) in [6.45, 7) is 0.694. The molecule has 30 heavy (non-hydrogen) atoms. The first-order valence-corrected chi connectivity index (χ1v) is 12.3. The molecule has 0 saturated carbocycles. The molecule has 0 radical (unpaired) electrons. The van der Waals surface area contributed by atoms with Gasteiger partial charge < -0.3 is 30.0 Å². The van der Waals surface area contributed by atoms with E-state index in [-0.39, 0.29) is 12.2 Å². The van der Waals surface area contributed by atoms with Crippen molar-refractivity contribution in [1.82, 2.24) is 9.55 Å². The second-order valence-corrected chi connectivity index (χ2v) is 10.7. The van der Waals surface area contributed by atoms with Crippen LogP contribution in [0.3, 0.4) is 0 Å². The van der Waals surface area contributed by atoms with Crippen LogP contribution in [0.15, 0.2) is 17.1 Å². The van der Waals surface area contributed by atoms with Crippen LogP contribution in [0.1, 0.15) is 19.6 Å². The highest BCUT2D eigenvalue weighted by Gasteiger charge is 2.48. The lowest BCUT2D eigenvalue weighted by Crippen LogP contribution is -2.33. The molecule has 0 aromatic carbocycles. The van der Waals surface area contributed by atoms with E-state index < -0.39 is 53.5 Å². The predicted molar refractivity (Wildman–Crippen MR) is 95.0 cm³/mol. The van der Waals surface area contributed by atoms with Gasteiger partial charge in [-0.3, -0.25) is 9.09 Å². The average Bonchev–Trinajstić information content (AvgIpc) is 2.87. The second kappa shape index (κ2) is 8.58. The van der Waals surface area contributed by atoms with Crippen LogP contribution in [-0.2, 0) is 31.6 Å². The number of nitriles is 1. The third-order valence-electron chi connectivity index (χ3n) is 3.72. The quantitative estimate of drug-likeness (QED) is 0.300. The van der Waals surface area contributed by atoms with Crippen LogP contribution in [0.5, 0.6) is 0 Å². The van der Waals surface area contributed by atoms with Crippen molar-refractivity contribution in [1.29, 1.82) is 5.26 Å². The highest BCUT2D eigenvalue weighted by molar-refractivity contribution is 7.66. The molecule has 1 fully saturated rings. The predicted octanol–water partition coefficient (Wildman–Crippen LogP) is -0.0138. The van der Waals surface area contributed by atoms with Crippen LogP contribution in [0.25, 0.3) is 0 Å². The summed E-state index contributed by atoms with van der Waals surface area (Å²) in [6.07, 6.45) is -1.08. The molecule has 0 amide bonds. The van der Waals surface area contributed by atoms with E-state index in [2.05, 4.69) is 18.1 Å². The summed E-state index contributed by atoms with van der Waals surface area (Å²) in [5.41, 5.74) is 3.30. The number of ether oxygens (including phenoxy) is 1. The van der Waals surface area contributed by atoms with Gasteiger partial charge in [-0.1, -0.05) is 0 Å². The summed E-state index contributed by atoms with van der Waals surface area (Å²) in [6, 6.07) is 3.26. The van der Waals surface area contributed by atoms with Crippen LogP contribution in [-0.4, -0.2) is 41.8 Å². The fraction of sp³-hybridized carbons (Fsp3) is 0.545. The number of hydrogen-bond donors (Lipinski definition) is 5. The lowest BCUT2D eigenvalue weighted by molar-refractivity contribution is -0.0423. The van der Waals surface area contributed by atoms with Gasteiger partial charge in [0.25, 0.3) is 0 Å². The topological polar surface area (TPSA) is 254 Å². The smallest absolute Gasteiger partial charge is 0.383 e. The van der Waals surface area contributed by atoms with Crippen LogP contribution in [0, 0.1) is 16.7 Å². The van der Waals surface area contributed by atoms with Crippen molar-refractivity contribution in [2.45, 2.75) is 25.7 Å². The summed E-state index contributed by atoms with van der Waals surface area (Å²) in [7, 11) is -16.5. The van der Waals surface area contributed by atoms with Crippen molar-refractivity contribution < 1.29 is 51.2 Å². The molecular weight excluding hydrogens is 473 g/mol. The first kappa shape index (κ1) is 24.8. The van der Waals surface area contributed by atoms with E-state index in [1.165, 1.54) is 19.2 Å². The van der Waals surface area contributed by atoms with Gasteiger partial charge in [0.2, 0.25) is 0 Å². The largest absolute Gasteiger partial charge is 0.490 e. The lowest BCUT2D eigenvalue weighted by Gasteiger charge is -2.23. The van der Waals surface area contributed by atoms with E-state index in [0.717, 1.165) is 4.57 Å². The van der Waals surface area contributed by atoms with Gasteiger partial charge in [-0.15, -0.1) is 0 Å². The maximum absolute atomic E-state index is 12.0. The van der Waals surface area contributed by atoms with Crippen molar-refractivity contribution in [3.05, 3.63) is 22.7 Å². The van der Waals surface area contributed by atoms with E-state index in [1.54, 1.807) is 0 Å². The number of phosphoric acid groups is 3. The highest BCUT2D eigenvalue weighted by Crippen LogP contribution is 2.66. The number of nitrogens with two attached hydrogens (primary N) is 1. The van der Waals surface area contributed by atoms with Gasteiger partial charge in [-0.05, 0) is 19.4 Å². The molecule has 5 atom stereocenters. The van der Waals surface area contributed by atoms with Gasteiger partial charge in [-0.2, -0.15) is 18.9 Å². The van der Waals surface area contributed by atoms with E-state index >= 15 is 0 Å². The van der Waals surface area contributed by atoms with Crippen LogP contribution in [0.4, 0.5) is 5.82 Å². The van der Waals surface area contributed by atoms with Crippen LogP contribution >= 0.6 is 23.5 Å². The maximum Gasteiger partial charge on any atom is 0.490 e. The Kier molecular flexibility index (Phi) is 7.10. The number of nitrogens with zero attached hydrogens (tertiary/aromatic N) is 3. The van der Waals surface area contributed by atoms with Crippen LogP contribution < -0.4 is 11.4 Å². The van der Waals surface area contributed by atoms with Crippen molar-refractivity contribution in [3.63, 3.8) is 0 Å². The maximum atomic E-state index is 12.0. The normalized spacial score (nSPS) is 28.4. The first-order valence-electron chi connectivity index (χ1n) is 7.76. The van der Waals surface area contributed by atoms with E-state index in [1.807, 2.05) is 6.07 Å². The van der Waals surface area contributed by atoms with Gasteiger partial charge >= 0.3 is 29.2 Å². The Balaban J connectivity index is 2.10. The molecule has 19 heteroatoms. The molecule has 16 nitrogen and oxygen atoms in total. The number of rotatable bonds is 8. The summed E-state index contributed by atoms with van der Waals surface area (Å²) >= 11 is 0. The number of nitrogen functional groups attached to an aromatic ring is 1. The van der Waals surface area contributed by atoms with Crippen molar-refractivity contribution in [2.75, 3.05) is 12.3 Å². The second-order valence-electron chi connectivity index (χ2n) is 6.27. The summed E-state index contributed by atoms with van der Waals surface area (Å²) in [5, 5.41) is 9.49. The number of anilines is 1. The third-order valence-corrected chi connectivity index (χ3v) is 7.52. The number of aromatic nitrogens is 2. The standard InChI is InChI=1S/C11H17N4O12P3/c1-11(6-12)4-7(25-9(11)15-3-2-8(13)14-10(15)16)5-24-29(20,21)27-30(22,23)26-28(17,18)19/h2-3,7,9H,4-5H2,1H3,(H,20,21)(H,22,23)(H2,13,14,16)(H2,17,18,19). The third kappa shape index (κ3) is 6.52. The molecule has 1 aliphatic rings. The molecule has 1 saturated heterocycles. The molecule has 2 heterocycles. The Bertz CT molecular complexity index is 1050. The van der Waals surface area contributed by atoms with Crippen molar-refractivity contribution >= 4 is 29.3 Å². The van der Waals surface area contributed by atoms with Gasteiger partial charge in [-0.25, -0.2) is 18.5 Å². The molecule has 0 aliphatic carbocycles. The molecule has 1 aromatic heterocycles. The van der Waals surface area contributed by atoms with Gasteiger partial charge in [0, 0.05) is 6.20 Å². The Morgan fingerprint density at radius 2 is 1.97 bits per heavy atom. The molecule has 0 bridgehead atoms. The molecular formula is C11H17N4O12P3. The van der Waals surface area contributed by atoms with E-state index in [4.69, 9.17) is 25.2 Å². The summed E-state index contributed by atoms with van der Waals surface area (Å²) < 4.78 is 51.9. The zero-order valence-electron chi connectivity index (χ0n) is 15.0. The minimum Gasteiger partial charge on any atom is -0.383 e. The SMILES string of the molecule is CC1(C#N)CC(COP(=O)(O)OP(=O)(O)OP(=O)(O)O)OC1n1ccc(N)nc1=O. The van der Waals surface area contributed by atoms with Crippen molar-refractivity contribution in [2.24, 2.45) is 5.41 Å². The van der Waals surface area contributed by atoms with Gasteiger partial charge in [0.1, 0.15) is 11.2 Å². The summed E-state index contributed by atoms with van der Waals surface area (Å²) in [4.78, 5) is 51.1. The summed E-state index contributed by atoms with van der Waals surface area (Å²) in [5.74, 6) is -0.0582. The molecule has 1 aliphatic heterocycles. The first-order chi connectivity index (χ1) is 13.6. The zero-order chi connectivity index (χ0) is 23.0. The highest BCUT2D eigenvalue weighted by atomic mass is 31.3. The number of hydrogen-bond acceptors (Lipinski definition) is 11. The molecule has 2 rings (SSSR count). The fourth-order valence-corrected chi connectivity index (χ4v) is 5.66. The minimum absolute atomic E-state index is 0.0582. The zero-order valence-corrected chi connectivity index (χ0v) is 17.7. The van der Waals surface area contributed by atoms with E-state index in [9.17, 15) is 28.6 Å². The minimum atomic E-state index is -5.66. The Morgan fingerprint density at radius 1 is 1.33 bits per heavy atom. The number of phosphoric ester groups is 1. The lowest BCUT2D eigenvalue weighted by atomic mass is 9.87. The van der Waals surface area contributed by atoms with Crippen LogP contribution in [0.2, 0.25) is 0 Å². The molecule has 5 unspecified atom stereocenters. The van der Waals surface area contributed by atoms with Gasteiger partial charge in [0.05, 0.1) is 18.8 Å². The molecule has 6 N–H and O–H groups in total. The molecule has 0 spiro atoms. The van der Waals surface area contributed by atoms with Crippen molar-refractivity contribution in [3.8, 4) is 6.07 Å². The Labute approximate surface area is 168 Å². The molecule has 1 aromatic rings.